The number of pyridine rings is 1. The summed E-state index contributed by atoms with van der Waals surface area (Å²) in [5.74, 6) is 0. The van der Waals surface area contributed by atoms with E-state index in [2.05, 4.69) is 40.3 Å². The van der Waals surface area contributed by atoms with E-state index in [1.54, 1.807) is 6.20 Å². The summed E-state index contributed by atoms with van der Waals surface area (Å²) in [5.41, 5.74) is 3.54. The summed E-state index contributed by atoms with van der Waals surface area (Å²) in [5, 5.41) is 1.24. The van der Waals surface area contributed by atoms with Crippen molar-refractivity contribution in [3.8, 4) is 11.1 Å². The number of nitrogens with zero attached hydrogens (tertiary/aromatic N) is 1. The van der Waals surface area contributed by atoms with Crippen molar-refractivity contribution in [1.82, 2.24) is 9.97 Å². The maximum atomic E-state index is 4.14. The Balaban J connectivity index is 2.31. The maximum absolute atomic E-state index is 4.14. The number of rotatable bonds is 1. The summed E-state index contributed by atoms with van der Waals surface area (Å²) in [7, 11) is 0. The topological polar surface area (TPSA) is 28.7 Å². The molecular formula is C13H10N2. The Morgan fingerprint density at radius 1 is 1.00 bits per heavy atom. The molecule has 0 fully saturated rings. The van der Waals surface area contributed by atoms with E-state index < -0.39 is 0 Å². The average molecular weight is 194 g/mol. The van der Waals surface area contributed by atoms with E-state index in [-0.39, 0.29) is 0 Å². The number of H-pyrrole nitrogens is 1. The molecule has 2 heterocycles. The average Bonchev–Trinajstić information content (AvgIpc) is 2.78. The molecule has 0 aliphatic carbocycles. The van der Waals surface area contributed by atoms with E-state index >= 15 is 0 Å². The monoisotopic (exact) mass is 194 g/mol. The molecule has 0 amide bonds. The molecule has 0 bridgehead atoms. The number of aromatic nitrogens is 2. The van der Waals surface area contributed by atoms with Crippen LogP contribution >= 0.6 is 0 Å². The van der Waals surface area contributed by atoms with Crippen LogP contribution in [-0.2, 0) is 0 Å². The molecule has 0 saturated carbocycles. The third kappa shape index (κ3) is 1.31. The molecule has 1 N–H and O–H groups in total. The van der Waals surface area contributed by atoms with E-state index in [1.165, 1.54) is 10.9 Å². The zero-order valence-corrected chi connectivity index (χ0v) is 8.14. The number of aromatic amines is 1. The van der Waals surface area contributed by atoms with E-state index in [9.17, 15) is 0 Å². The van der Waals surface area contributed by atoms with Crippen LogP contribution in [-0.4, -0.2) is 9.97 Å². The Kier molecular flexibility index (Phi) is 1.78. The van der Waals surface area contributed by atoms with Crippen LogP contribution in [0, 0.1) is 0 Å². The Morgan fingerprint density at radius 3 is 2.87 bits per heavy atom. The quantitative estimate of drug-likeness (QED) is 0.633. The summed E-state index contributed by atoms with van der Waals surface area (Å²) in [6.07, 6.45) is 5.65. The molecule has 0 spiro atoms. The van der Waals surface area contributed by atoms with Crippen molar-refractivity contribution in [3.05, 3.63) is 55.0 Å². The Labute approximate surface area is 87.6 Å². The fourth-order valence-corrected chi connectivity index (χ4v) is 1.86. The highest BCUT2D eigenvalue weighted by Gasteiger charge is 2.02. The number of nitrogens with one attached hydrogen (secondary N) is 1. The third-order valence-electron chi connectivity index (χ3n) is 2.57. The van der Waals surface area contributed by atoms with Gasteiger partial charge in [0, 0.05) is 35.1 Å². The first-order valence-corrected chi connectivity index (χ1v) is 4.92. The first-order chi connectivity index (χ1) is 7.45. The second-order valence-electron chi connectivity index (χ2n) is 3.49. The first-order valence-electron chi connectivity index (χ1n) is 4.92. The van der Waals surface area contributed by atoms with Gasteiger partial charge in [-0.05, 0) is 23.8 Å². The van der Waals surface area contributed by atoms with Gasteiger partial charge in [0.2, 0.25) is 0 Å². The van der Waals surface area contributed by atoms with Crippen molar-refractivity contribution in [3.63, 3.8) is 0 Å². The van der Waals surface area contributed by atoms with Gasteiger partial charge in [0.1, 0.15) is 0 Å². The number of hydrogen-bond acceptors (Lipinski definition) is 1. The largest absolute Gasteiger partial charge is 0.361 e. The lowest BCUT2D eigenvalue weighted by molar-refractivity contribution is 1.33. The fourth-order valence-electron chi connectivity index (χ4n) is 1.86. The van der Waals surface area contributed by atoms with Crippen LogP contribution in [0.5, 0.6) is 0 Å². The number of hydrogen-bond donors (Lipinski definition) is 1. The molecule has 0 aliphatic rings. The van der Waals surface area contributed by atoms with Crippen molar-refractivity contribution in [1.29, 1.82) is 0 Å². The SMILES string of the molecule is c1cncc(-c2cccc3[nH]ccc23)c1. The van der Waals surface area contributed by atoms with Crippen LogP contribution in [0.4, 0.5) is 0 Å². The molecule has 0 unspecified atom stereocenters. The molecule has 72 valence electrons. The zero-order valence-electron chi connectivity index (χ0n) is 8.14. The van der Waals surface area contributed by atoms with Crippen molar-refractivity contribution in [2.75, 3.05) is 0 Å². The predicted molar refractivity (Wildman–Crippen MR) is 61.5 cm³/mol. The first kappa shape index (κ1) is 8.24. The van der Waals surface area contributed by atoms with Crippen LogP contribution < -0.4 is 0 Å². The lowest BCUT2D eigenvalue weighted by Gasteiger charge is -2.02. The van der Waals surface area contributed by atoms with E-state index in [4.69, 9.17) is 0 Å². The number of benzene rings is 1. The molecule has 2 aromatic heterocycles. The summed E-state index contributed by atoms with van der Waals surface area (Å²) < 4.78 is 0. The Bertz CT molecular complexity index is 582. The molecular weight excluding hydrogens is 184 g/mol. The van der Waals surface area contributed by atoms with Crippen LogP contribution in [0.15, 0.2) is 55.0 Å². The molecule has 3 rings (SSSR count). The lowest BCUT2D eigenvalue weighted by Crippen LogP contribution is -1.79. The molecule has 0 aliphatic heterocycles. The highest BCUT2D eigenvalue weighted by molar-refractivity contribution is 5.94. The Morgan fingerprint density at radius 2 is 2.00 bits per heavy atom. The third-order valence-corrected chi connectivity index (χ3v) is 2.57. The molecule has 1 aromatic carbocycles. The van der Waals surface area contributed by atoms with Gasteiger partial charge in [-0.2, -0.15) is 0 Å². The minimum atomic E-state index is 1.16. The summed E-state index contributed by atoms with van der Waals surface area (Å²) in [6.45, 7) is 0. The molecule has 0 radical (unpaired) electrons. The maximum Gasteiger partial charge on any atom is 0.0460 e. The highest BCUT2D eigenvalue weighted by Crippen LogP contribution is 2.26. The minimum Gasteiger partial charge on any atom is -0.361 e. The number of fused-ring (bicyclic) bond motifs is 1. The van der Waals surface area contributed by atoms with Gasteiger partial charge >= 0.3 is 0 Å². The van der Waals surface area contributed by atoms with Crippen molar-refractivity contribution >= 4 is 10.9 Å². The van der Waals surface area contributed by atoms with Gasteiger partial charge in [0.05, 0.1) is 0 Å². The van der Waals surface area contributed by atoms with Gasteiger partial charge in [-0.25, -0.2) is 0 Å². The van der Waals surface area contributed by atoms with E-state index in [0.717, 1.165) is 11.1 Å². The summed E-state index contributed by atoms with van der Waals surface area (Å²) in [4.78, 5) is 7.35. The smallest absolute Gasteiger partial charge is 0.0460 e. The molecule has 0 saturated heterocycles. The second kappa shape index (κ2) is 3.24. The second-order valence-corrected chi connectivity index (χ2v) is 3.49. The van der Waals surface area contributed by atoms with Gasteiger partial charge in [-0.1, -0.05) is 18.2 Å². The Hall–Kier alpha value is -2.09. The van der Waals surface area contributed by atoms with Crippen LogP contribution in [0.1, 0.15) is 0 Å². The van der Waals surface area contributed by atoms with E-state index in [0.29, 0.717) is 0 Å². The van der Waals surface area contributed by atoms with Crippen LogP contribution in [0.3, 0.4) is 0 Å². The van der Waals surface area contributed by atoms with Crippen LogP contribution in [0.2, 0.25) is 0 Å². The molecule has 0 atom stereocenters. The van der Waals surface area contributed by atoms with Gasteiger partial charge < -0.3 is 4.98 Å². The molecule has 3 aromatic rings. The van der Waals surface area contributed by atoms with Crippen LogP contribution in [0.25, 0.3) is 22.0 Å². The fraction of sp³-hybridized carbons (Fsp3) is 0. The van der Waals surface area contributed by atoms with Gasteiger partial charge in [0.15, 0.2) is 0 Å². The van der Waals surface area contributed by atoms with Gasteiger partial charge in [-0.3, -0.25) is 4.98 Å². The zero-order chi connectivity index (χ0) is 10.1. The normalized spacial score (nSPS) is 10.7. The highest BCUT2D eigenvalue weighted by atomic mass is 14.7. The predicted octanol–water partition coefficient (Wildman–Crippen LogP) is 3.23. The molecule has 15 heavy (non-hydrogen) atoms. The van der Waals surface area contributed by atoms with Crippen molar-refractivity contribution < 1.29 is 0 Å². The van der Waals surface area contributed by atoms with Gasteiger partial charge in [-0.15, -0.1) is 0 Å². The molecule has 2 heteroatoms. The summed E-state index contributed by atoms with van der Waals surface area (Å²) >= 11 is 0. The molecule has 2 nitrogen and oxygen atoms in total. The van der Waals surface area contributed by atoms with Gasteiger partial charge in [0.25, 0.3) is 0 Å². The minimum absolute atomic E-state index is 1.16. The summed E-state index contributed by atoms with van der Waals surface area (Å²) in [6, 6.07) is 12.4. The van der Waals surface area contributed by atoms with E-state index in [1.807, 2.05) is 18.5 Å². The van der Waals surface area contributed by atoms with Crippen molar-refractivity contribution in [2.24, 2.45) is 0 Å². The van der Waals surface area contributed by atoms with Crippen molar-refractivity contribution in [2.45, 2.75) is 0 Å². The standard InChI is InChI=1S/C13H10N2/c1-4-11(10-3-2-7-14-9-10)12-6-8-15-13(12)5-1/h1-9,15H. The lowest BCUT2D eigenvalue weighted by atomic mass is 10.0.